The van der Waals surface area contributed by atoms with E-state index < -0.39 is 24.4 Å². The van der Waals surface area contributed by atoms with Crippen LogP contribution in [0.15, 0.2) is 18.2 Å². The van der Waals surface area contributed by atoms with Gasteiger partial charge in [-0.25, -0.2) is 9.18 Å². The van der Waals surface area contributed by atoms with Crippen molar-refractivity contribution in [3.8, 4) is 5.75 Å². The van der Waals surface area contributed by atoms with Crippen molar-refractivity contribution in [3.63, 3.8) is 0 Å². The number of para-hydroxylation sites is 1. The SMILES string of the molecule is NCc1cccc(F)c1OCC(=O)NC(N)=O. The molecular weight excluding hydrogens is 229 g/mol. The number of amides is 3. The monoisotopic (exact) mass is 241 g/mol. The number of hydrogen-bond donors (Lipinski definition) is 3. The van der Waals surface area contributed by atoms with Crippen LogP contribution < -0.4 is 21.5 Å². The predicted molar refractivity (Wildman–Crippen MR) is 57.5 cm³/mol. The minimum absolute atomic E-state index is 0.0739. The minimum Gasteiger partial charge on any atom is -0.480 e. The zero-order valence-corrected chi connectivity index (χ0v) is 8.90. The summed E-state index contributed by atoms with van der Waals surface area (Å²) in [5.41, 5.74) is 10.5. The molecule has 0 saturated carbocycles. The van der Waals surface area contributed by atoms with E-state index in [1.54, 1.807) is 11.4 Å². The number of benzene rings is 1. The van der Waals surface area contributed by atoms with Crippen molar-refractivity contribution in [1.29, 1.82) is 0 Å². The highest BCUT2D eigenvalue weighted by molar-refractivity contribution is 5.94. The third kappa shape index (κ3) is 3.72. The first-order valence-electron chi connectivity index (χ1n) is 4.74. The van der Waals surface area contributed by atoms with Gasteiger partial charge in [-0.05, 0) is 6.07 Å². The Morgan fingerprint density at radius 3 is 2.71 bits per heavy atom. The maximum Gasteiger partial charge on any atom is 0.318 e. The number of nitrogens with one attached hydrogen (secondary N) is 1. The number of nitrogens with two attached hydrogens (primary N) is 2. The first-order chi connectivity index (χ1) is 8.04. The smallest absolute Gasteiger partial charge is 0.318 e. The summed E-state index contributed by atoms with van der Waals surface area (Å²) >= 11 is 0. The van der Waals surface area contributed by atoms with Crippen LogP contribution in [0.3, 0.4) is 0 Å². The molecule has 0 aliphatic heterocycles. The normalized spacial score (nSPS) is 9.76. The van der Waals surface area contributed by atoms with Gasteiger partial charge in [0.2, 0.25) is 0 Å². The van der Waals surface area contributed by atoms with Crippen LogP contribution in [-0.2, 0) is 11.3 Å². The molecule has 0 atom stereocenters. The van der Waals surface area contributed by atoms with E-state index in [4.69, 9.17) is 16.2 Å². The molecule has 1 aromatic carbocycles. The number of carbonyl (C=O) groups excluding carboxylic acids is 2. The van der Waals surface area contributed by atoms with Gasteiger partial charge in [0.15, 0.2) is 18.2 Å². The second-order valence-corrected chi connectivity index (χ2v) is 3.13. The van der Waals surface area contributed by atoms with Gasteiger partial charge in [0.1, 0.15) is 0 Å². The molecule has 0 spiro atoms. The molecule has 0 unspecified atom stereocenters. The average molecular weight is 241 g/mol. The highest BCUT2D eigenvalue weighted by atomic mass is 19.1. The molecule has 0 aliphatic carbocycles. The highest BCUT2D eigenvalue weighted by Crippen LogP contribution is 2.21. The number of hydrogen-bond acceptors (Lipinski definition) is 4. The number of primary amides is 1. The molecule has 3 amide bonds. The Morgan fingerprint density at radius 1 is 1.41 bits per heavy atom. The van der Waals surface area contributed by atoms with E-state index in [-0.39, 0.29) is 12.3 Å². The maximum atomic E-state index is 13.3. The van der Waals surface area contributed by atoms with E-state index in [0.717, 1.165) is 0 Å². The molecule has 0 heterocycles. The summed E-state index contributed by atoms with van der Waals surface area (Å²) in [5.74, 6) is -1.49. The van der Waals surface area contributed by atoms with Crippen LogP contribution in [0.5, 0.6) is 5.75 Å². The molecular formula is C10H12FN3O3. The lowest BCUT2D eigenvalue weighted by molar-refractivity contribution is -0.121. The van der Waals surface area contributed by atoms with Crippen molar-refractivity contribution in [2.75, 3.05) is 6.61 Å². The van der Waals surface area contributed by atoms with Gasteiger partial charge in [-0.1, -0.05) is 12.1 Å². The second kappa shape index (κ2) is 5.80. The molecule has 7 heteroatoms. The molecule has 0 saturated heterocycles. The van der Waals surface area contributed by atoms with Gasteiger partial charge in [0, 0.05) is 12.1 Å². The average Bonchev–Trinajstić information content (AvgIpc) is 2.26. The summed E-state index contributed by atoms with van der Waals surface area (Å²) in [4.78, 5) is 21.4. The fourth-order valence-corrected chi connectivity index (χ4v) is 1.19. The van der Waals surface area contributed by atoms with E-state index in [1.165, 1.54) is 12.1 Å². The van der Waals surface area contributed by atoms with Crippen LogP contribution in [-0.4, -0.2) is 18.5 Å². The Bertz CT molecular complexity index is 437. The van der Waals surface area contributed by atoms with E-state index in [1.807, 2.05) is 0 Å². The molecule has 0 aliphatic rings. The first-order valence-corrected chi connectivity index (χ1v) is 4.74. The molecule has 0 bridgehead atoms. The van der Waals surface area contributed by atoms with Gasteiger partial charge in [-0.2, -0.15) is 0 Å². The Kier molecular flexibility index (Phi) is 4.41. The largest absolute Gasteiger partial charge is 0.480 e. The van der Waals surface area contributed by atoms with Crippen molar-refractivity contribution in [1.82, 2.24) is 5.32 Å². The summed E-state index contributed by atoms with van der Waals surface area (Å²) in [6, 6.07) is 3.24. The van der Waals surface area contributed by atoms with E-state index in [9.17, 15) is 14.0 Å². The van der Waals surface area contributed by atoms with Crippen LogP contribution >= 0.6 is 0 Å². The third-order valence-corrected chi connectivity index (χ3v) is 1.88. The summed E-state index contributed by atoms with van der Waals surface area (Å²) in [5, 5.41) is 1.79. The van der Waals surface area contributed by atoms with Crippen LogP contribution in [0, 0.1) is 5.82 Å². The number of carbonyl (C=O) groups is 2. The number of halogens is 1. The molecule has 5 N–H and O–H groups in total. The number of imide groups is 1. The third-order valence-electron chi connectivity index (χ3n) is 1.88. The Balaban J connectivity index is 2.68. The van der Waals surface area contributed by atoms with E-state index in [2.05, 4.69) is 0 Å². The topological polar surface area (TPSA) is 107 Å². The molecule has 1 rings (SSSR count). The number of urea groups is 1. The molecule has 92 valence electrons. The van der Waals surface area contributed by atoms with Crippen molar-refractivity contribution < 1.29 is 18.7 Å². The van der Waals surface area contributed by atoms with E-state index >= 15 is 0 Å². The highest BCUT2D eigenvalue weighted by Gasteiger charge is 2.11. The lowest BCUT2D eigenvalue weighted by Gasteiger charge is -2.10. The number of rotatable bonds is 4. The zero-order chi connectivity index (χ0) is 12.8. The fourth-order valence-electron chi connectivity index (χ4n) is 1.19. The number of ether oxygens (including phenoxy) is 1. The van der Waals surface area contributed by atoms with Crippen molar-refractivity contribution >= 4 is 11.9 Å². The van der Waals surface area contributed by atoms with Gasteiger partial charge in [0.25, 0.3) is 5.91 Å². The molecule has 0 radical (unpaired) electrons. The maximum absolute atomic E-state index is 13.3. The quantitative estimate of drug-likeness (QED) is 0.681. The Labute approximate surface area is 96.7 Å². The van der Waals surface area contributed by atoms with Gasteiger partial charge >= 0.3 is 6.03 Å². The van der Waals surface area contributed by atoms with Crippen molar-refractivity contribution in [2.45, 2.75) is 6.54 Å². The lowest BCUT2D eigenvalue weighted by atomic mass is 10.2. The molecule has 0 fully saturated rings. The van der Waals surface area contributed by atoms with Gasteiger partial charge in [-0.15, -0.1) is 0 Å². The fraction of sp³-hybridized carbons (Fsp3) is 0.200. The lowest BCUT2D eigenvalue weighted by Crippen LogP contribution is -2.38. The summed E-state index contributed by atoms with van der Waals surface area (Å²) < 4.78 is 18.3. The van der Waals surface area contributed by atoms with Gasteiger partial charge < -0.3 is 16.2 Å². The van der Waals surface area contributed by atoms with E-state index in [0.29, 0.717) is 5.56 Å². The zero-order valence-electron chi connectivity index (χ0n) is 8.90. The van der Waals surface area contributed by atoms with Gasteiger partial charge in [0.05, 0.1) is 0 Å². The van der Waals surface area contributed by atoms with Crippen molar-refractivity contribution in [2.24, 2.45) is 11.5 Å². The van der Waals surface area contributed by atoms with Crippen LogP contribution in [0.4, 0.5) is 9.18 Å². The summed E-state index contributed by atoms with van der Waals surface area (Å²) in [6.07, 6.45) is 0. The minimum atomic E-state index is -0.994. The Hall–Kier alpha value is -2.15. The van der Waals surface area contributed by atoms with Crippen LogP contribution in [0.2, 0.25) is 0 Å². The van der Waals surface area contributed by atoms with Crippen LogP contribution in [0.1, 0.15) is 5.56 Å². The molecule has 1 aromatic rings. The molecule has 17 heavy (non-hydrogen) atoms. The first kappa shape index (κ1) is 12.9. The van der Waals surface area contributed by atoms with Crippen LogP contribution in [0.25, 0.3) is 0 Å². The molecule has 6 nitrogen and oxygen atoms in total. The Morgan fingerprint density at radius 2 is 2.12 bits per heavy atom. The van der Waals surface area contributed by atoms with Crippen molar-refractivity contribution in [3.05, 3.63) is 29.6 Å². The predicted octanol–water partition coefficient (Wildman–Crippen LogP) is -0.142. The summed E-state index contributed by atoms with van der Waals surface area (Å²) in [6.45, 7) is -0.443. The second-order valence-electron chi connectivity index (χ2n) is 3.13. The van der Waals surface area contributed by atoms with Gasteiger partial charge in [-0.3, -0.25) is 10.1 Å². The molecule has 0 aromatic heterocycles. The standard InChI is InChI=1S/C10H12FN3O3/c11-7-3-1-2-6(4-12)9(7)17-5-8(15)14-10(13)16/h1-3H,4-5,12H2,(H3,13,14,15,16). The summed E-state index contributed by atoms with van der Waals surface area (Å²) in [7, 11) is 0.